The molecule has 1 aromatic heterocycles. The van der Waals surface area contributed by atoms with Crippen molar-refractivity contribution in [2.45, 2.75) is 26.2 Å². The molecule has 0 unspecified atom stereocenters. The highest BCUT2D eigenvalue weighted by Crippen LogP contribution is 2.17. The summed E-state index contributed by atoms with van der Waals surface area (Å²) < 4.78 is 0. The molecule has 0 aromatic carbocycles. The quantitative estimate of drug-likeness (QED) is 0.846. The molecule has 0 spiro atoms. The van der Waals surface area contributed by atoms with Crippen LogP contribution in [0.2, 0.25) is 0 Å². The third-order valence-corrected chi connectivity index (χ3v) is 3.60. The van der Waals surface area contributed by atoms with Crippen molar-refractivity contribution in [2.75, 3.05) is 43.9 Å². The van der Waals surface area contributed by atoms with Crippen LogP contribution in [0.25, 0.3) is 0 Å². The monoisotopic (exact) mass is 263 g/mol. The molecule has 1 aliphatic heterocycles. The van der Waals surface area contributed by atoms with Gasteiger partial charge in [-0.1, -0.05) is 0 Å². The van der Waals surface area contributed by atoms with Crippen LogP contribution in [0.5, 0.6) is 0 Å². The molecule has 0 atom stereocenters. The first-order chi connectivity index (χ1) is 9.15. The van der Waals surface area contributed by atoms with Gasteiger partial charge in [0.15, 0.2) is 0 Å². The fraction of sp³-hybridized carbons (Fsp3) is 0.714. The Morgan fingerprint density at radius 3 is 2.74 bits per heavy atom. The summed E-state index contributed by atoms with van der Waals surface area (Å²) in [6, 6.07) is 2.01. The molecule has 2 rings (SSSR count). The molecular weight excluding hydrogens is 238 g/mol. The van der Waals surface area contributed by atoms with Crippen LogP contribution in [0, 0.1) is 12.8 Å². The molecule has 1 aliphatic rings. The van der Waals surface area contributed by atoms with Gasteiger partial charge in [-0.15, -0.1) is 0 Å². The van der Waals surface area contributed by atoms with E-state index in [9.17, 15) is 0 Å². The Morgan fingerprint density at radius 1 is 1.32 bits per heavy atom. The fourth-order valence-corrected chi connectivity index (χ4v) is 2.45. The maximum absolute atomic E-state index is 4.44. The van der Waals surface area contributed by atoms with E-state index in [4.69, 9.17) is 0 Å². The van der Waals surface area contributed by atoms with E-state index in [1.807, 2.05) is 32.0 Å². The van der Waals surface area contributed by atoms with Gasteiger partial charge in [-0.3, -0.25) is 0 Å². The lowest BCUT2D eigenvalue weighted by molar-refractivity contribution is 0.361. The van der Waals surface area contributed by atoms with Gasteiger partial charge < -0.3 is 15.5 Å². The van der Waals surface area contributed by atoms with Crippen LogP contribution in [0.4, 0.5) is 11.6 Å². The zero-order valence-corrected chi connectivity index (χ0v) is 12.2. The highest BCUT2D eigenvalue weighted by molar-refractivity contribution is 5.48. The van der Waals surface area contributed by atoms with E-state index in [0.717, 1.165) is 29.9 Å². The van der Waals surface area contributed by atoms with Crippen molar-refractivity contribution in [1.29, 1.82) is 0 Å². The van der Waals surface area contributed by atoms with E-state index < -0.39 is 0 Å². The summed E-state index contributed by atoms with van der Waals surface area (Å²) in [6.45, 7) is 5.27. The lowest BCUT2D eigenvalue weighted by atomic mass is 9.95. The fourth-order valence-electron chi connectivity index (χ4n) is 2.45. The summed E-state index contributed by atoms with van der Waals surface area (Å²) in [7, 11) is 4.00. The number of anilines is 2. The molecule has 106 valence electrons. The minimum Gasteiger partial charge on any atom is -0.370 e. The second kappa shape index (κ2) is 6.70. The number of nitrogens with one attached hydrogen (secondary N) is 2. The number of aromatic nitrogens is 2. The van der Waals surface area contributed by atoms with Gasteiger partial charge in [-0.05, 0) is 45.2 Å². The van der Waals surface area contributed by atoms with Gasteiger partial charge in [-0.25, -0.2) is 9.97 Å². The van der Waals surface area contributed by atoms with Crippen molar-refractivity contribution >= 4 is 11.6 Å². The largest absolute Gasteiger partial charge is 0.370 e. The van der Waals surface area contributed by atoms with Crippen molar-refractivity contribution in [3.63, 3.8) is 0 Å². The first kappa shape index (κ1) is 14.1. The molecule has 5 nitrogen and oxygen atoms in total. The number of hydrogen-bond donors (Lipinski definition) is 2. The van der Waals surface area contributed by atoms with E-state index in [2.05, 4.69) is 20.6 Å². The summed E-state index contributed by atoms with van der Waals surface area (Å²) in [4.78, 5) is 10.8. The van der Waals surface area contributed by atoms with Crippen molar-refractivity contribution in [2.24, 2.45) is 5.92 Å². The minimum absolute atomic E-state index is 0.815. The number of nitrogens with zero attached hydrogens (tertiary/aromatic N) is 3. The zero-order chi connectivity index (χ0) is 13.7. The predicted octanol–water partition coefficient (Wildman–Crippen LogP) is 1.65. The first-order valence-electron chi connectivity index (χ1n) is 7.13. The van der Waals surface area contributed by atoms with E-state index in [-0.39, 0.29) is 0 Å². The Morgan fingerprint density at radius 2 is 2.05 bits per heavy atom. The molecule has 0 amide bonds. The van der Waals surface area contributed by atoms with Crippen molar-refractivity contribution in [1.82, 2.24) is 15.3 Å². The maximum Gasteiger partial charge on any atom is 0.133 e. The van der Waals surface area contributed by atoms with Crippen molar-refractivity contribution < 1.29 is 0 Å². The van der Waals surface area contributed by atoms with E-state index in [1.54, 1.807) is 0 Å². The number of hydrogen-bond acceptors (Lipinski definition) is 5. The molecule has 5 heteroatoms. The molecule has 1 saturated heterocycles. The molecule has 0 saturated carbocycles. The summed E-state index contributed by atoms with van der Waals surface area (Å²) in [6.07, 6.45) is 3.82. The highest BCUT2D eigenvalue weighted by Gasteiger charge is 2.12. The van der Waals surface area contributed by atoms with Gasteiger partial charge in [0.1, 0.15) is 17.5 Å². The normalized spacial score (nSPS) is 16.4. The molecule has 2 heterocycles. The smallest absolute Gasteiger partial charge is 0.133 e. The molecule has 0 aliphatic carbocycles. The molecular formula is C14H25N5. The lowest BCUT2D eigenvalue weighted by Gasteiger charge is -2.22. The standard InChI is InChI=1S/C14H25N5/c1-11-17-13(10-14(18-11)19(2)3)16-9-6-12-4-7-15-8-5-12/h10,12,15H,4-9H2,1-3H3,(H,16,17,18). The van der Waals surface area contributed by atoms with Gasteiger partial charge in [0.2, 0.25) is 0 Å². The van der Waals surface area contributed by atoms with Crippen LogP contribution in [0.1, 0.15) is 25.1 Å². The van der Waals surface area contributed by atoms with Crippen LogP contribution in [-0.2, 0) is 0 Å². The number of rotatable bonds is 5. The number of piperidine rings is 1. The predicted molar refractivity (Wildman–Crippen MR) is 79.8 cm³/mol. The van der Waals surface area contributed by atoms with Gasteiger partial charge in [0.25, 0.3) is 0 Å². The molecule has 1 aromatic rings. The summed E-state index contributed by atoms with van der Waals surface area (Å²) >= 11 is 0. The maximum atomic E-state index is 4.44. The topological polar surface area (TPSA) is 53.1 Å². The second-order valence-electron chi connectivity index (χ2n) is 5.46. The Kier molecular flexibility index (Phi) is 4.96. The molecule has 2 N–H and O–H groups in total. The summed E-state index contributed by atoms with van der Waals surface area (Å²) in [5, 5.41) is 6.83. The average Bonchev–Trinajstić information content (AvgIpc) is 2.39. The summed E-state index contributed by atoms with van der Waals surface area (Å²) in [5.41, 5.74) is 0. The highest BCUT2D eigenvalue weighted by atomic mass is 15.2. The molecule has 0 bridgehead atoms. The van der Waals surface area contributed by atoms with Crippen molar-refractivity contribution in [3.8, 4) is 0 Å². The molecule has 0 radical (unpaired) electrons. The lowest BCUT2D eigenvalue weighted by Crippen LogP contribution is -2.28. The molecule has 19 heavy (non-hydrogen) atoms. The van der Waals surface area contributed by atoms with Crippen LogP contribution in [-0.4, -0.2) is 43.7 Å². The van der Waals surface area contributed by atoms with E-state index >= 15 is 0 Å². The molecule has 1 fully saturated rings. The van der Waals surface area contributed by atoms with E-state index in [0.29, 0.717) is 0 Å². The second-order valence-corrected chi connectivity index (χ2v) is 5.46. The van der Waals surface area contributed by atoms with Crippen LogP contribution in [0.3, 0.4) is 0 Å². The Balaban J connectivity index is 1.84. The van der Waals surface area contributed by atoms with Gasteiger partial charge >= 0.3 is 0 Å². The Hall–Kier alpha value is -1.36. The van der Waals surface area contributed by atoms with Crippen molar-refractivity contribution in [3.05, 3.63) is 11.9 Å². The van der Waals surface area contributed by atoms with E-state index in [1.165, 1.54) is 32.4 Å². The van der Waals surface area contributed by atoms with Crippen LogP contribution >= 0.6 is 0 Å². The van der Waals surface area contributed by atoms with Crippen LogP contribution in [0.15, 0.2) is 6.07 Å². The zero-order valence-electron chi connectivity index (χ0n) is 12.2. The van der Waals surface area contributed by atoms with Gasteiger partial charge in [0.05, 0.1) is 0 Å². The SMILES string of the molecule is Cc1nc(NCCC2CCNCC2)cc(N(C)C)n1. The number of aryl methyl sites for hydroxylation is 1. The third-order valence-electron chi connectivity index (χ3n) is 3.60. The Labute approximate surface area is 115 Å². The summed E-state index contributed by atoms with van der Waals surface area (Å²) in [5.74, 6) is 3.56. The third kappa shape index (κ3) is 4.35. The first-order valence-corrected chi connectivity index (χ1v) is 7.13. The average molecular weight is 263 g/mol. The van der Waals surface area contributed by atoms with Gasteiger partial charge in [0, 0.05) is 26.7 Å². The van der Waals surface area contributed by atoms with Crippen LogP contribution < -0.4 is 15.5 Å². The Bertz CT molecular complexity index is 399. The van der Waals surface area contributed by atoms with Gasteiger partial charge in [-0.2, -0.15) is 0 Å². The minimum atomic E-state index is 0.815.